The zero-order chi connectivity index (χ0) is 12.9. The van der Waals surface area contributed by atoms with Crippen molar-refractivity contribution in [2.45, 2.75) is 33.0 Å². The molecule has 0 bridgehead atoms. The van der Waals surface area contributed by atoms with Gasteiger partial charge < -0.3 is 9.47 Å². The summed E-state index contributed by atoms with van der Waals surface area (Å²) in [4.78, 5) is 15.6. The van der Waals surface area contributed by atoms with Crippen molar-refractivity contribution >= 4 is 11.8 Å². The summed E-state index contributed by atoms with van der Waals surface area (Å²) in [5, 5.41) is 2.67. The molecule has 0 aliphatic heterocycles. The van der Waals surface area contributed by atoms with Crippen molar-refractivity contribution in [2.75, 3.05) is 12.4 Å². The number of rotatable bonds is 3. The predicted octanol–water partition coefficient (Wildman–Crippen LogP) is 2.58. The van der Waals surface area contributed by atoms with E-state index in [0.29, 0.717) is 12.3 Å². The first-order chi connectivity index (χ1) is 7.92. The third kappa shape index (κ3) is 4.82. The average Bonchev–Trinajstić information content (AvgIpc) is 2.18. The molecular formula is C12H18N2O3. The van der Waals surface area contributed by atoms with E-state index >= 15 is 0 Å². The van der Waals surface area contributed by atoms with Gasteiger partial charge >= 0.3 is 6.09 Å². The van der Waals surface area contributed by atoms with Gasteiger partial charge in [0.05, 0.1) is 12.3 Å². The summed E-state index contributed by atoms with van der Waals surface area (Å²) >= 11 is 0. The van der Waals surface area contributed by atoms with Crippen LogP contribution in [0.15, 0.2) is 18.5 Å². The lowest BCUT2D eigenvalue weighted by atomic mass is 10.2. The Morgan fingerprint density at radius 2 is 2.18 bits per heavy atom. The minimum atomic E-state index is -0.515. The molecule has 1 rings (SSSR count). The number of carbonyl (C=O) groups is 1. The highest BCUT2D eigenvalue weighted by atomic mass is 16.6. The molecule has 5 nitrogen and oxygen atoms in total. The van der Waals surface area contributed by atoms with E-state index in [9.17, 15) is 4.79 Å². The zero-order valence-electron chi connectivity index (χ0n) is 10.6. The number of pyridine rings is 1. The molecule has 0 aromatic carbocycles. The minimum Gasteiger partial charge on any atom is -0.444 e. The van der Waals surface area contributed by atoms with Crippen LogP contribution in [-0.2, 0) is 16.1 Å². The molecule has 1 amide bonds. The smallest absolute Gasteiger partial charge is 0.412 e. The Labute approximate surface area is 101 Å². The molecule has 0 atom stereocenters. The van der Waals surface area contributed by atoms with Gasteiger partial charge in [0.15, 0.2) is 0 Å². The third-order valence-electron chi connectivity index (χ3n) is 1.84. The van der Waals surface area contributed by atoms with Gasteiger partial charge in [-0.1, -0.05) is 0 Å². The van der Waals surface area contributed by atoms with Crippen LogP contribution in [0.1, 0.15) is 26.3 Å². The molecule has 0 saturated heterocycles. The van der Waals surface area contributed by atoms with Crippen molar-refractivity contribution in [3.05, 3.63) is 24.0 Å². The van der Waals surface area contributed by atoms with E-state index in [-0.39, 0.29) is 0 Å². The molecule has 0 spiro atoms. The number of methoxy groups -OCH3 is 1. The third-order valence-corrected chi connectivity index (χ3v) is 1.84. The van der Waals surface area contributed by atoms with Crippen LogP contribution in [0, 0.1) is 0 Å². The molecule has 1 aromatic rings. The average molecular weight is 238 g/mol. The zero-order valence-corrected chi connectivity index (χ0v) is 10.6. The Morgan fingerprint density at radius 3 is 2.76 bits per heavy atom. The van der Waals surface area contributed by atoms with Gasteiger partial charge in [0.25, 0.3) is 0 Å². The molecule has 0 saturated carbocycles. The quantitative estimate of drug-likeness (QED) is 0.879. The van der Waals surface area contributed by atoms with Crippen LogP contribution < -0.4 is 5.32 Å². The van der Waals surface area contributed by atoms with Crippen LogP contribution in [0.3, 0.4) is 0 Å². The van der Waals surface area contributed by atoms with E-state index in [1.165, 1.54) is 0 Å². The van der Waals surface area contributed by atoms with Crippen molar-refractivity contribution in [2.24, 2.45) is 0 Å². The highest BCUT2D eigenvalue weighted by Crippen LogP contribution is 2.16. The lowest BCUT2D eigenvalue weighted by Crippen LogP contribution is -2.27. The van der Waals surface area contributed by atoms with Crippen LogP contribution >= 0.6 is 0 Å². The molecular weight excluding hydrogens is 220 g/mol. The summed E-state index contributed by atoms with van der Waals surface area (Å²) < 4.78 is 10.2. The Morgan fingerprint density at radius 1 is 1.47 bits per heavy atom. The second kappa shape index (κ2) is 5.63. The van der Waals surface area contributed by atoms with Gasteiger partial charge in [0, 0.05) is 25.1 Å². The first kappa shape index (κ1) is 13.4. The summed E-state index contributed by atoms with van der Waals surface area (Å²) in [6.07, 6.45) is 2.77. The standard InChI is InChI=1S/C12H18N2O3/c1-12(2,3)17-11(15)14-10-5-6-13-7-9(10)8-16-4/h5-7H,8H2,1-4H3,(H,13,14,15). The van der Waals surface area contributed by atoms with Gasteiger partial charge in [-0.2, -0.15) is 0 Å². The van der Waals surface area contributed by atoms with Crippen LogP contribution in [0.4, 0.5) is 10.5 Å². The number of carbonyl (C=O) groups excluding carboxylic acids is 1. The van der Waals surface area contributed by atoms with E-state index < -0.39 is 11.7 Å². The highest BCUT2D eigenvalue weighted by molar-refractivity contribution is 5.85. The second-order valence-electron chi connectivity index (χ2n) is 4.59. The number of nitrogens with zero attached hydrogens (tertiary/aromatic N) is 1. The Bertz CT molecular complexity index is 386. The lowest BCUT2D eigenvalue weighted by molar-refractivity contribution is 0.0635. The van der Waals surface area contributed by atoms with Gasteiger partial charge in [0.1, 0.15) is 5.60 Å². The van der Waals surface area contributed by atoms with E-state index in [4.69, 9.17) is 9.47 Å². The van der Waals surface area contributed by atoms with Gasteiger partial charge in [-0.25, -0.2) is 4.79 Å². The molecule has 0 radical (unpaired) electrons. The minimum absolute atomic E-state index is 0.388. The van der Waals surface area contributed by atoms with Crippen LogP contribution in [0.5, 0.6) is 0 Å². The molecule has 94 valence electrons. The maximum Gasteiger partial charge on any atom is 0.412 e. The van der Waals surface area contributed by atoms with E-state index in [0.717, 1.165) is 5.56 Å². The Kier molecular flexibility index (Phi) is 4.45. The number of hydrogen-bond acceptors (Lipinski definition) is 4. The van der Waals surface area contributed by atoms with Crippen molar-refractivity contribution in [3.8, 4) is 0 Å². The fraction of sp³-hybridized carbons (Fsp3) is 0.500. The molecule has 0 aliphatic carbocycles. The van der Waals surface area contributed by atoms with Crippen LogP contribution in [0.25, 0.3) is 0 Å². The molecule has 0 unspecified atom stereocenters. The van der Waals surface area contributed by atoms with Crippen molar-refractivity contribution in [1.29, 1.82) is 0 Å². The lowest BCUT2D eigenvalue weighted by Gasteiger charge is -2.20. The molecule has 0 fully saturated rings. The Hall–Kier alpha value is -1.62. The molecule has 5 heteroatoms. The first-order valence-electron chi connectivity index (χ1n) is 5.34. The van der Waals surface area contributed by atoms with Gasteiger partial charge in [0.2, 0.25) is 0 Å². The highest BCUT2D eigenvalue weighted by Gasteiger charge is 2.17. The van der Waals surface area contributed by atoms with Gasteiger partial charge in [-0.05, 0) is 26.8 Å². The van der Waals surface area contributed by atoms with Crippen molar-refractivity contribution < 1.29 is 14.3 Å². The molecule has 1 N–H and O–H groups in total. The summed E-state index contributed by atoms with van der Waals surface area (Å²) in [5.74, 6) is 0. The fourth-order valence-corrected chi connectivity index (χ4v) is 1.23. The fourth-order valence-electron chi connectivity index (χ4n) is 1.23. The second-order valence-corrected chi connectivity index (χ2v) is 4.59. The maximum atomic E-state index is 11.6. The predicted molar refractivity (Wildman–Crippen MR) is 64.8 cm³/mol. The molecule has 0 aliphatic rings. The SMILES string of the molecule is COCc1cnccc1NC(=O)OC(C)(C)C. The van der Waals surface area contributed by atoms with Crippen LogP contribution in [-0.4, -0.2) is 23.8 Å². The van der Waals surface area contributed by atoms with Crippen LogP contribution in [0.2, 0.25) is 0 Å². The van der Waals surface area contributed by atoms with E-state index in [1.807, 2.05) is 20.8 Å². The maximum absolute atomic E-state index is 11.6. The number of ether oxygens (including phenoxy) is 2. The summed E-state index contributed by atoms with van der Waals surface area (Å²) in [6.45, 7) is 5.83. The summed E-state index contributed by atoms with van der Waals surface area (Å²) in [5.41, 5.74) is 0.940. The van der Waals surface area contributed by atoms with Crippen molar-refractivity contribution in [1.82, 2.24) is 4.98 Å². The monoisotopic (exact) mass is 238 g/mol. The Balaban J connectivity index is 2.71. The summed E-state index contributed by atoms with van der Waals surface area (Å²) in [7, 11) is 1.59. The number of amides is 1. The van der Waals surface area contributed by atoms with E-state index in [2.05, 4.69) is 10.3 Å². The largest absolute Gasteiger partial charge is 0.444 e. The molecule has 1 aromatic heterocycles. The molecule has 17 heavy (non-hydrogen) atoms. The normalized spacial score (nSPS) is 11.1. The number of hydrogen-bond donors (Lipinski definition) is 1. The van der Waals surface area contributed by atoms with Gasteiger partial charge in [-0.3, -0.25) is 10.3 Å². The number of anilines is 1. The topological polar surface area (TPSA) is 60.5 Å². The summed E-state index contributed by atoms with van der Waals surface area (Å²) in [6, 6.07) is 1.71. The van der Waals surface area contributed by atoms with Gasteiger partial charge in [-0.15, -0.1) is 0 Å². The number of aromatic nitrogens is 1. The molecule has 1 heterocycles. The van der Waals surface area contributed by atoms with Crippen molar-refractivity contribution in [3.63, 3.8) is 0 Å². The first-order valence-corrected chi connectivity index (χ1v) is 5.34. The number of nitrogens with one attached hydrogen (secondary N) is 1. The van der Waals surface area contributed by atoms with E-state index in [1.54, 1.807) is 25.6 Å².